The molecule has 0 aliphatic carbocycles. The summed E-state index contributed by atoms with van der Waals surface area (Å²) in [7, 11) is 0. The van der Waals surface area contributed by atoms with Crippen LogP contribution in [0.1, 0.15) is 47.6 Å². The number of amides is 1. The molecule has 0 aromatic heterocycles. The van der Waals surface area contributed by atoms with E-state index in [0.717, 1.165) is 38.3 Å². The molecule has 29 heavy (non-hydrogen) atoms. The van der Waals surface area contributed by atoms with Gasteiger partial charge in [-0.15, -0.1) is 0 Å². The van der Waals surface area contributed by atoms with E-state index in [4.69, 9.17) is 9.47 Å². The van der Waals surface area contributed by atoms with Crippen LogP contribution in [-0.4, -0.2) is 49.8 Å². The Morgan fingerprint density at radius 1 is 1.07 bits per heavy atom. The number of carbonyl (C=O) groups is 1. The number of benzene rings is 2. The minimum Gasteiger partial charge on any atom is -0.491 e. The molecule has 2 aromatic rings. The highest BCUT2D eigenvalue weighted by molar-refractivity contribution is 5.94. The largest absolute Gasteiger partial charge is 0.491 e. The first-order chi connectivity index (χ1) is 14.3. The number of nitrogens with zero attached hydrogens (tertiary/aromatic N) is 1. The van der Waals surface area contributed by atoms with Gasteiger partial charge in [0.25, 0.3) is 5.91 Å². The number of hydrogen-bond acceptors (Lipinski definition) is 4. The third-order valence-corrected chi connectivity index (χ3v) is 5.80. The first kappa shape index (κ1) is 19.9. The zero-order valence-corrected chi connectivity index (χ0v) is 16.9. The maximum atomic E-state index is 12.7. The van der Waals surface area contributed by atoms with Gasteiger partial charge in [-0.25, -0.2) is 0 Å². The molecular formula is C24H30N2O3. The fraction of sp³-hybridized carbons (Fsp3) is 0.458. The monoisotopic (exact) mass is 394 g/mol. The first-order valence-electron chi connectivity index (χ1n) is 10.7. The second-order valence-corrected chi connectivity index (χ2v) is 7.85. The quantitative estimate of drug-likeness (QED) is 0.740. The minimum atomic E-state index is -0.0456. The van der Waals surface area contributed by atoms with Gasteiger partial charge in [0.2, 0.25) is 0 Å². The highest BCUT2D eigenvalue weighted by atomic mass is 16.5. The van der Waals surface area contributed by atoms with E-state index in [-0.39, 0.29) is 18.1 Å². The standard InChI is InChI=1S/C24H30N2O3/c27-24(20-10-12-21(13-11-20)29-18-22-9-6-16-28-22)25-17-23(26-14-4-5-15-26)19-7-2-1-3-8-19/h1-3,7-8,10-13,22-23H,4-6,9,14-18H2,(H,25,27)/t22-,23+/m0/s1. The lowest BCUT2D eigenvalue weighted by molar-refractivity contribution is 0.0679. The van der Waals surface area contributed by atoms with Crippen LogP contribution < -0.4 is 10.1 Å². The summed E-state index contributed by atoms with van der Waals surface area (Å²) in [6.07, 6.45) is 4.81. The topological polar surface area (TPSA) is 50.8 Å². The van der Waals surface area contributed by atoms with E-state index >= 15 is 0 Å². The molecule has 5 heteroatoms. The van der Waals surface area contributed by atoms with E-state index in [1.54, 1.807) is 0 Å². The fourth-order valence-electron chi connectivity index (χ4n) is 4.15. The van der Waals surface area contributed by atoms with Crippen LogP contribution >= 0.6 is 0 Å². The highest BCUT2D eigenvalue weighted by Crippen LogP contribution is 2.24. The first-order valence-corrected chi connectivity index (χ1v) is 10.7. The number of rotatable bonds is 8. The van der Waals surface area contributed by atoms with Crippen LogP contribution in [0.5, 0.6) is 5.75 Å². The lowest BCUT2D eigenvalue weighted by Crippen LogP contribution is -2.36. The van der Waals surface area contributed by atoms with Crippen molar-refractivity contribution in [1.82, 2.24) is 10.2 Å². The summed E-state index contributed by atoms with van der Waals surface area (Å²) < 4.78 is 11.4. The Kier molecular flexibility index (Phi) is 6.80. The Labute approximate surface area is 173 Å². The third-order valence-electron chi connectivity index (χ3n) is 5.80. The molecule has 0 bridgehead atoms. The predicted octanol–water partition coefficient (Wildman–Crippen LogP) is 3.81. The number of ether oxygens (including phenoxy) is 2. The molecule has 2 heterocycles. The molecule has 4 rings (SSSR count). The van der Waals surface area contributed by atoms with Crippen molar-refractivity contribution in [2.75, 3.05) is 32.8 Å². The Balaban J connectivity index is 1.32. The van der Waals surface area contributed by atoms with Gasteiger partial charge in [-0.05, 0) is 68.6 Å². The minimum absolute atomic E-state index is 0.0456. The van der Waals surface area contributed by atoms with E-state index in [9.17, 15) is 4.79 Å². The van der Waals surface area contributed by atoms with Gasteiger partial charge in [0, 0.05) is 18.7 Å². The Morgan fingerprint density at radius 2 is 1.83 bits per heavy atom. The zero-order valence-electron chi connectivity index (χ0n) is 16.9. The van der Waals surface area contributed by atoms with Gasteiger partial charge in [0.05, 0.1) is 12.1 Å². The van der Waals surface area contributed by atoms with Crippen LogP contribution in [0.3, 0.4) is 0 Å². The van der Waals surface area contributed by atoms with E-state index in [2.05, 4.69) is 34.5 Å². The smallest absolute Gasteiger partial charge is 0.251 e. The van der Waals surface area contributed by atoms with Crippen LogP contribution in [0, 0.1) is 0 Å². The summed E-state index contributed by atoms with van der Waals surface area (Å²) in [6.45, 7) is 4.19. The molecule has 0 saturated carbocycles. The summed E-state index contributed by atoms with van der Waals surface area (Å²) in [5, 5.41) is 3.13. The van der Waals surface area contributed by atoms with Crippen molar-refractivity contribution >= 4 is 5.91 Å². The molecule has 2 atom stereocenters. The Bertz CT molecular complexity index is 766. The molecule has 2 fully saturated rings. The lowest BCUT2D eigenvalue weighted by atomic mass is 10.1. The summed E-state index contributed by atoms with van der Waals surface area (Å²) in [5.41, 5.74) is 1.91. The van der Waals surface area contributed by atoms with Crippen molar-refractivity contribution in [1.29, 1.82) is 0 Å². The summed E-state index contributed by atoms with van der Waals surface area (Å²) >= 11 is 0. The van der Waals surface area contributed by atoms with Crippen LogP contribution in [0.15, 0.2) is 54.6 Å². The summed E-state index contributed by atoms with van der Waals surface area (Å²) in [5.74, 6) is 0.729. The van der Waals surface area contributed by atoms with Crippen molar-refractivity contribution in [2.45, 2.75) is 37.8 Å². The van der Waals surface area contributed by atoms with Crippen molar-refractivity contribution in [3.05, 3.63) is 65.7 Å². The van der Waals surface area contributed by atoms with Gasteiger partial charge in [0.1, 0.15) is 12.4 Å². The second kappa shape index (κ2) is 9.90. The van der Waals surface area contributed by atoms with Gasteiger partial charge in [-0.3, -0.25) is 9.69 Å². The van der Waals surface area contributed by atoms with Crippen LogP contribution in [0.4, 0.5) is 0 Å². The number of nitrogens with one attached hydrogen (secondary N) is 1. The number of carbonyl (C=O) groups excluding carboxylic acids is 1. The Hall–Kier alpha value is -2.37. The average molecular weight is 395 g/mol. The van der Waals surface area contributed by atoms with Crippen molar-refractivity contribution in [3.63, 3.8) is 0 Å². The average Bonchev–Trinajstić information content (AvgIpc) is 3.48. The van der Waals surface area contributed by atoms with Crippen molar-refractivity contribution < 1.29 is 14.3 Å². The van der Waals surface area contributed by atoms with E-state index < -0.39 is 0 Å². The zero-order chi connectivity index (χ0) is 19.9. The molecule has 5 nitrogen and oxygen atoms in total. The van der Waals surface area contributed by atoms with Crippen LogP contribution in [-0.2, 0) is 4.74 Å². The molecular weight excluding hydrogens is 364 g/mol. The van der Waals surface area contributed by atoms with Gasteiger partial charge in [-0.2, -0.15) is 0 Å². The second-order valence-electron chi connectivity index (χ2n) is 7.85. The molecule has 0 unspecified atom stereocenters. The van der Waals surface area contributed by atoms with Crippen molar-refractivity contribution in [2.24, 2.45) is 0 Å². The lowest BCUT2D eigenvalue weighted by Gasteiger charge is -2.28. The van der Waals surface area contributed by atoms with E-state index in [1.807, 2.05) is 30.3 Å². The molecule has 0 spiro atoms. The van der Waals surface area contributed by atoms with Crippen molar-refractivity contribution in [3.8, 4) is 5.75 Å². The summed E-state index contributed by atoms with van der Waals surface area (Å²) in [4.78, 5) is 15.2. The third kappa shape index (κ3) is 5.37. The maximum Gasteiger partial charge on any atom is 0.251 e. The highest BCUT2D eigenvalue weighted by Gasteiger charge is 2.24. The van der Waals surface area contributed by atoms with Gasteiger partial charge < -0.3 is 14.8 Å². The van der Waals surface area contributed by atoms with Crippen LogP contribution in [0.2, 0.25) is 0 Å². The molecule has 0 radical (unpaired) electrons. The maximum absolute atomic E-state index is 12.7. The summed E-state index contributed by atoms with van der Waals surface area (Å²) in [6, 6.07) is 18.1. The molecule has 154 valence electrons. The number of hydrogen-bond donors (Lipinski definition) is 1. The van der Waals surface area contributed by atoms with Gasteiger partial charge >= 0.3 is 0 Å². The van der Waals surface area contributed by atoms with Gasteiger partial charge in [-0.1, -0.05) is 30.3 Å². The fourth-order valence-corrected chi connectivity index (χ4v) is 4.15. The molecule has 2 aliphatic heterocycles. The number of likely N-dealkylation sites (tertiary alicyclic amines) is 1. The Morgan fingerprint density at radius 3 is 2.52 bits per heavy atom. The molecule has 2 saturated heterocycles. The predicted molar refractivity (Wildman–Crippen MR) is 113 cm³/mol. The van der Waals surface area contributed by atoms with Gasteiger partial charge in [0.15, 0.2) is 0 Å². The molecule has 1 amide bonds. The SMILES string of the molecule is O=C(NC[C@H](c1ccccc1)N1CCCC1)c1ccc(OC[C@@H]2CCCO2)cc1. The molecule has 2 aliphatic rings. The van der Waals surface area contributed by atoms with Crippen LogP contribution in [0.25, 0.3) is 0 Å². The van der Waals surface area contributed by atoms with E-state index in [0.29, 0.717) is 18.7 Å². The van der Waals surface area contributed by atoms with E-state index in [1.165, 1.54) is 18.4 Å². The molecule has 2 aromatic carbocycles. The normalized spacial score (nSPS) is 20.5. The molecule has 1 N–H and O–H groups in total.